The fourth-order valence-electron chi connectivity index (χ4n) is 1.67. The van der Waals surface area contributed by atoms with Gasteiger partial charge in [-0.1, -0.05) is 30.3 Å². The van der Waals surface area contributed by atoms with Crippen LogP contribution in [0.4, 0.5) is 0 Å². The van der Waals surface area contributed by atoms with E-state index in [4.69, 9.17) is 11.6 Å². The van der Waals surface area contributed by atoms with Crippen molar-refractivity contribution in [2.24, 2.45) is 0 Å². The summed E-state index contributed by atoms with van der Waals surface area (Å²) in [6, 6.07) is 10.3. The molecule has 0 bridgehead atoms. The average molecular weight is 267 g/mol. The second-order valence-corrected chi connectivity index (χ2v) is 4.29. The van der Waals surface area contributed by atoms with Crippen molar-refractivity contribution in [1.82, 2.24) is 0 Å². The maximum atomic E-state index is 11.2. The van der Waals surface area contributed by atoms with Gasteiger partial charge in [0.1, 0.15) is 21.9 Å². The van der Waals surface area contributed by atoms with Gasteiger partial charge in [0.2, 0.25) is 0 Å². The number of fused-ring (bicyclic) bond motifs is 1. The summed E-state index contributed by atoms with van der Waals surface area (Å²) in [5, 5.41) is 10.4. The second kappa shape index (κ2) is 4.69. The van der Waals surface area contributed by atoms with Gasteiger partial charge in [-0.2, -0.15) is 0 Å². The molecule has 2 aromatic carbocycles. The standard InChI is InChI=1S/C12H7ClO3S/c13-12(15)11(17-16)10-8-4-2-1-3-7(8)5-6-9(10)14/h1-6,14H. The minimum absolute atomic E-state index is 0.0147. The van der Waals surface area contributed by atoms with Gasteiger partial charge in [-0.3, -0.25) is 4.79 Å². The largest absolute Gasteiger partial charge is 0.507 e. The molecular weight excluding hydrogens is 260 g/mol. The van der Waals surface area contributed by atoms with Gasteiger partial charge in [0, 0.05) is 5.56 Å². The van der Waals surface area contributed by atoms with Crippen molar-refractivity contribution in [1.29, 1.82) is 0 Å². The predicted octanol–water partition coefficient (Wildman–Crippen LogP) is 2.04. The predicted molar refractivity (Wildman–Crippen MR) is 68.7 cm³/mol. The Kier molecular flexibility index (Phi) is 3.26. The number of rotatable bonds is 2. The SMILES string of the molecule is O=S=C(C(=O)Cl)c1c(O)ccc2ccccc12. The third kappa shape index (κ3) is 2.09. The van der Waals surface area contributed by atoms with Crippen LogP contribution in [0.15, 0.2) is 36.4 Å². The summed E-state index contributed by atoms with van der Waals surface area (Å²) in [6.45, 7) is 0. The molecule has 0 spiro atoms. The third-order valence-corrected chi connectivity index (χ3v) is 3.25. The zero-order valence-corrected chi connectivity index (χ0v) is 10.1. The van der Waals surface area contributed by atoms with Crippen molar-refractivity contribution < 1.29 is 14.1 Å². The number of aromatic hydroxyl groups is 1. The Hall–Kier alpha value is -1.65. The highest BCUT2D eigenvalue weighted by molar-refractivity contribution is 7.70. The van der Waals surface area contributed by atoms with E-state index in [-0.39, 0.29) is 27.4 Å². The Labute approximate surface area is 106 Å². The van der Waals surface area contributed by atoms with Crippen LogP contribution in [0.5, 0.6) is 5.75 Å². The molecule has 2 aromatic rings. The lowest BCUT2D eigenvalue weighted by molar-refractivity contribution is -0.106. The zero-order valence-electron chi connectivity index (χ0n) is 8.51. The number of hydrogen-bond acceptors (Lipinski definition) is 3. The normalized spacial score (nSPS) is 10.2. The molecule has 0 aliphatic heterocycles. The van der Waals surface area contributed by atoms with Crippen LogP contribution in [-0.4, -0.2) is 19.4 Å². The Morgan fingerprint density at radius 1 is 1.18 bits per heavy atom. The molecule has 0 radical (unpaired) electrons. The van der Waals surface area contributed by atoms with Gasteiger partial charge in [0.15, 0.2) is 0 Å². The fourth-order valence-corrected chi connectivity index (χ4v) is 2.22. The number of carbonyl (C=O) groups is 1. The van der Waals surface area contributed by atoms with Crippen LogP contribution in [0.1, 0.15) is 5.56 Å². The highest BCUT2D eigenvalue weighted by Gasteiger charge is 2.18. The lowest BCUT2D eigenvalue weighted by Gasteiger charge is -2.07. The van der Waals surface area contributed by atoms with Crippen LogP contribution in [-0.2, 0) is 16.1 Å². The molecule has 0 saturated carbocycles. The summed E-state index contributed by atoms with van der Waals surface area (Å²) in [6.07, 6.45) is 0. The van der Waals surface area contributed by atoms with Crippen LogP contribution in [0.2, 0.25) is 0 Å². The molecule has 0 saturated heterocycles. The van der Waals surface area contributed by atoms with Crippen LogP contribution in [0.25, 0.3) is 10.8 Å². The third-order valence-electron chi connectivity index (χ3n) is 2.40. The lowest BCUT2D eigenvalue weighted by atomic mass is 10.0. The monoisotopic (exact) mass is 266 g/mol. The average Bonchev–Trinajstić information content (AvgIpc) is 2.32. The maximum Gasteiger partial charge on any atom is 0.266 e. The first-order valence-electron chi connectivity index (χ1n) is 4.73. The van der Waals surface area contributed by atoms with E-state index >= 15 is 0 Å². The Balaban J connectivity index is 2.88. The van der Waals surface area contributed by atoms with E-state index in [1.807, 2.05) is 12.1 Å². The van der Waals surface area contributed by atoms with Crippen molar-refractivity contribution in [3.8, 4) is 5.75 Å². The summed E-state index contributed by atoms with van der Waals surface area (Å²) in [7, 11) is 0. The van der Waals surface area contributed by atoms with Gasteiger partial charge >= 0.3 is 0 Å². The molecule has 0 unspecified atom stereocenters. The first kappa shape index (κ1) is 11.8. The highest BCUT2D eigenvalue weighted by atomic mass is 35.5. The highest BCUT2D eigenvalue weighted by Crippen LogP contribution is 2.27. The molecule has 0 heterocycles. The van der Waals surface area contributed by atoms with E-state index in [0.717, 1.165) is 5.39 Å². The van der Waals surface area contributed by atoms with E-state index in [2.05, 4.69) is 0 Å². The molecule has 0 fully saturated rings. The molecule has 5 heteroatoms. The Bertz CT molecular complexity index is 660. The van der Waals surface area contributed by atoms with Crippen LogP contribution in [0, 0.1) is 0 Å². The summed E-state index contributed by atoms with van der Waals surface area (Å²) >= 11 is 5.33. The van der Waals surface area contributed by atoms with Crippen molar-refractivity contribution in [3.05, 3.63) is 42.0 Å². The quantitative estimate of drug-likeness (QED) is 0.514. The van der Waals surface area contributed by atoms with Crippen molar-refractivity contribution in [2.75, 3.05) is 0 Å². The van der Waals surface area contributed by atoms with Gasteiger partial charge in [0.05, 0.1) is 0 Å². The molecule has 0 aromatic heterocycles. The van der Waals surface area contributed by atoms with Gasteiger partial charge in [-0.15, -0.1) is 0 Å². The molecule has 1 N–H and O–H groups in total. The number of hydrogen-bond donors (Lipinski definition) is 1. The summed E-state index contributed by atoms with van der Waals surface area (Å²) in [5.41, 5.74) is 0.197. The molecule has 17 heavy (non-hydrogen) atoms. The molecule has 0 atom stereocenters. The molecule has 3 nitrogen and oxygen atoms in total. The zero-order chi connectivity index (χ0) is 12.4. The maximum absolute atomic E-state index is 11.2. The van der Waals surface area contributed by atoms with Crippen molar-refractivity contribution >= 4 is 43.7 Å². The fraction of sp³-hybridized carbons (Fsp3) is 0. The van der Waals surface area contributed by atoms with E-state index in [0.29, 0.717) is 5.39 Å². The number of benzene rings is 2. The summed E-state index contributed by atoms with van der Waals surface area (Å²) in [5.74, 6) is -0.129. The molecular formula is C12H7ClO3S. The Morgan fingerprint density at radius 2 is 1.88 bits per heavy atom. The van der Waals surface area contributed by atoms with Crippen LogP contribution in [0.3, 0.4) is 0 Å². The molecule has 86 valence electrons. The number of phenolic OH excluding ortho intramolecular Hbond substituents is 1. The van der Waals surface area contributed by atoms with Crippen molar-refractivity contribution in [2.45, 2.75) is 0 Å². The minimum atomic E-state index is -0.864. The minimum Gasteiger partial charge on any atom is -0.507 e. The van der Waals surface area contributed by atoms with Gasteiger partial charge in [-0.05, 0) is 28.4 Å². The number of phenols is 1. The smallest absolute Gasteiger partial charge is 0.266 e. The van der Waals surface area contributed by atoms with Gasteiger partial charge in [0.25, 0.3) is 5.24 Å². The molecule has 0 aliphatic carbocycles. The Morgan fingerprint density at radius 3 is 2.53 bits per heavy atom. The van der Waals surface area contributed by atoms with E-state index < -0.39 is 5.24 Å². The van der Waals surface area contributed by atoms with E-state index in [9.17, 15) is 14.1 Å². The molecule has 2 rings (SSSR count). The van der Waals surface area contributed by atoms with Gasteiger partial charge in [-0.25, -0.2) is 4.21 Å². The van der Waals surface area contributed by atoms with Gasteiger partial charge < -0.3 is 5.11 Å². The van der Waals surface area contributed by atoms with Crippen LogP contribution >= 0.6 is 11.6 Å². The van der Waals surface area contributed by atoms with Crippen molar-refractivity contribution in [3.63, 3.8) is 0 Å². The molecule has 0 aliphatic rings. The summed E-state index contributed by atoms with van der Waals surface area (Å²) < 4.78 is 10.9. The lowest BCUT2D eigenvalue weighted by Crippen LogP contribution is -2.09. The van der Waals surface area contributed by atoms with E-state index in [1.165, 1.54) is 6.07 Å². The van der Waals surface area contributed by atoms with E-state index in [1.54, 1.807) is 18.2 Å². The second-order valence-electron chi connectivity index (χ2n) is 3.37. The first-order chi connectivity index (χ1) is 8.15. The first-order valence-corrected chi connectivity index (χ1v) is 5.85. The van der Waals surface area contributed by atoms with Crippen LogP contribution < -0.4 is 0 Å². The number of halogens is 1. The topological polar surface area (TPSA) is 54.4 Å². The summed E-state index contributed by atoms with van der Waals surface area (Å²) in [4.78, 5) is 11.0. The molecule has 0 amide bonds. The number of carbonyl (C=O) groups excluding carboxylic acids is 1.